The molecule has 8 nitrogen and oxygen atoms in total. The van der Waals surface area contributed by atoms with Gasteiger partial charge in [0.2, 0.25) is 0 Å². The molecule has 2 aliphatic rings. The molecule has 1 fully saturated rings. The molecule has 5 atom stereocenters. The second-order valence-electron chi connectivity index (χ2n) is 7.60. The van der Waals surface area contributed by atoms with E-state index in [9.17, 15) is 25.2 Å². The Morgan fingerprint density at radius 2 is 1.67 bits per heavy atom. The van der Waals surface area contributed by atoms with Gasteiger partial charge in [0, 0.05) is 10.6 Å². The summed E-state index contributed by atoms with van der Waals surface area (Å²) in [6, 6.07) is 13.9. The van der Waals surface area contributed by atoms with Crippen molar-refractivity contribution in [3.05, 3.63) is 64.8 Å². The number of nitrogens with zero attached hydrogens (tertiary/aromatic N) is 2. The molecule has 30 heavy (non-hydrogen) atoms. The molecule has 2 aliphatic heterocycles. The molecule has 0 spiro atoms. The molecule has 5 rings (SSSR count). The standard InChI is InChI=1S/C22H20N2O6/c1-10-17(25)19(27)20(28)22(30-10)24-14-9-5-3-7-12(14)18(26)16(24)15-11-6-2-4-8-13(11)23-21(15)29/h2-10,17,19-20,22,25-28H,1H3/t10-,17-,19+,20+,22-/m0/s1. The summed E-state index contributed by atoms with van der Waals surface area (Å²) in [5, 5.41) is 43.7. The number of aromatic hydroxyl groups is 1. The number of ether oxygens (including phenoxy) is 1. The zero-order valence-electron chi connectivity index (χ0n) is 16.0. The van der Waals surface area contributed by atoms with Crippen LogP contribution in [0.2, 0.25) is 0 Å². The van der Waals surface area contributed by atoms with Gasteiger partial charge in [-0.25, -0.2) is 4.99 Å². The van der Waals surface area contributed by atoms with Crippen LogP contribution in [0.15, 0.2) is 53.5 Å². The van der Waals surface area contributed by atoms with Gasteiger partial charge in [0.25, 0.3) is 5.91 Å². The van der Waals surface area contributed by atoms with Crippen LogP contribution >= 0.6 is 0 Å². The van der Waals surface area contributed by atoms with Crippen LogP contribution in [0, 0.1) is 0 Å². The quantitative estimate of drug-likeness (QED) is 0.462. The first-order chi connectivity index (χ1) is 14.4. The Morgan fingerprint density at radius 1 is 0.967 bits per heavy atom. The highest BCUT2D eigenvalue weighted by molar-refractivity contribution is 6.22. The van der Waals surface area contributed by atoms with Crippen molar-refractivity contribution in [3.63, 3.8) is 0 Å². The van der Waals surface area contributed by atoms with E-state index in [1.807, 2.05) is 0 Å². The number of hydrogen-bond donors (Lipinski definition) is 4. The highest BCUT2D eigenvalue weighted by Gasteiger charge is 2.44. The third-order valence-corrected chi connectivity index (χ3v) is 5.81. The highest BCUT2D eigenvalue weighted by atomic mass is 16.5. The minimum Gasteiger partial charge on any atom is -0.505 e. The molecule has 154 valence electrons. The van der Waals surface area contributed by atoms with E-state index < -0.39 is 36.6 Å². The molecule has 8 heteroatoms. The van der Waals surface area contributed by atoms with Crippen LogP contribution in [-0.2, 0) is 9.53 Å². The lowest BCUT2D eigenvalue weighted by Crippen LogP contribution is -2.54. The molecule has 0 saturated carbocycles. The maximum Gasteiger partial charge on any atom is 0.280 e. The molecular weight excluding hydrogens is 388 g/mol. The summed E-state index contributed by atoms with van der Waals surface area (Å²) in [5.41, 5.74) is 0.840. The molecule has 0 aliphatic carbocycles. The third-order valence-electron chi connectivity index (χ3n) is 5.81. The number of fused-ring (bicyclic) bond motifs is 2. The number of benzene rings is 2. The van der Waals surface area contributed by atoms with E-state index in [0.29, 0.717) is 21.5 Å². The van der Waals surface area contributed by atoms with Gasteiger partial charge < -0.3 is 29.7 Å². The van der Waals surface area contributed by atoms with Gasteiger partial charge in [-0.1, -0.05) is 30.3 Å². The number of carbonyl (C=O) groups is 1. The molecule has 0 bridgehead atoms. The molecule has 4 N–H and O–H groups in total. The van der Waals surface area contributed by atoms with Crippen LogP contribution in [0.1, 0.15) is 18.8 Å². The zero-order valence-corrected chi connectivity index (χ0v) is 16.0. The smallest absolute Gasteiger partial charge is 0.280 e. The fraction of sp³-hybridized carbons (Fsp3) is 0.273. The number of aliphatic hydroxyl groups excluding tert-OH is 3. The minimum absolute atomic E-state index is 0.148. The van der Waals surface area contributed by atoms with Crippen molar-refractivity contribution in [3.8, 4) is 5.75 Å². The molecular formula is C22H20N2O6. The van der Waals surface area contributed by atoms with E-state index in [1.165, 1.54) is 4.57 Å². The molecule has 1 aromatic heterocycles. The van der Waals surface area contributed by atoms with Gasteiger partial charge in [-0.2, -0.15) is 0 Å². The summed E-state index contributed by atoms with van der Waals surface area (Å²) >= 11 is 0. The fourth-order valence-corrected chi connectivity index (χ4v) is 4.28. The van der Waals surface area contributed by atoms with Crippen molar-refractivity contribution in [2.75, 3.05) is 0 Å². The first kappa shape index (κ1) is 19.0. The Labute approximate surface area is 170 Å². The van der Waals surface area contributed by atoms with Crippen molar-refractivity contribution in [1.82, 2.24) is 4.57 Å². The Bertz CT molecular complexity index is 1300. The molecule has 2 aromatic carbocycles. The highest BCUT2D eigenvalue weighted by Crippen LogP contribution is 2.41. The second kappa shape index (κ2) is 6.75. The summed E-state index contributed by atoms with van der Waals surface area (Å²) < 4.78 is 7.35. The van der Waals surface area contributed by atoms with Crippen LogP contribution in [0.3, 0.4) is 0 Å². The van der Waals surface area contributed by atoms with Gasteiger partial charge in [0.05, 0.1) is 22.6 Å². The second-order valence-corrected chi connectivity index (χ2v) is 7.60. The number of amides is 1. The van der Waals surface area contributed by atoms with E-state index in [-0.39, 0.29) is 17.0 Å². The zero-order chi connectivity index (χ0) is 21.2. The Kier molecular flexibility index (Phi) is 4.26. The van der Waals surface area contributed by atoms with Crippen LogP contribution in [0.25, 0.3) is 16.5 Å². The van der Waals surface area contributed by atoms with Gasteiger partial charge >= 0.3 is 0 Å². The third kappa shape index (κ3) is 2.55. The summed E-state index contributed by atoms with van der Waals surface area (Å²) in [4.78, 5) is 16.9. The van der Waals surface area contributed by atoms with Gasteiger partial charge in [0.15, 0.2) is 6.23 Å². The van der Waals surface area contributed by atoms with Gasteiger partial charge in [-0.05, 0) is 25.1 Å². The van der Waals surface area contributed by atoms with E-state index >= 15 is 0 Å². The number of carbonyl (C=O) groups excluding carboxylic acids is 1. The maximum absolute atomic E-state index is 12.8. The Hall–Kier alpha value is -3.04. The summed E-state index contributed by atoms with van der Waals surface area (Å²) in [5.74, 6) is -0.667. The predicted octanol–water partition coefficient (Wildman–Crippen LogP) is -0.294. The van der Waals surface area contributed by atoms with Crippen molar-refractivity contribution >= 4 is 22.4 Å². The fourth-order valence-electron chi connectivity index (χ4n) is 4.28. The van der Waals surface area contributed by atoms with Crippen molar-refractivity contribution in [2.24, 2.45) is 4.99 Å². The van der Waals surface area contributed by atoms with Crippen LogP contribution in [-0.4, -0.2) is 55.3 Å². The summed E-state index contributed by atoms with van der Waals surface area (Å²) in [6.07, 6.45) is -6.16. The van der Waals surface area contributed by atoms with E-state index in [2.05, 4.69) is 4.99 Å². The van der Waals surface area contributed by atoms with E-state index in [1.54, 1.807) is 55.5 Å². The van der Waals surface area contributed by atoms with Crippen molar-refractivity contribution in [1.29, 1.82) is 0 Å². The van der Waals surface area contributed by atoms with Crippen LogP contribution in [0.4, 0.5) is 0 Å². The van der Waals surface area contributed by atoms with Gasteiger partial charge in [-0.15, -0.1) is 0 Å². The van der Waals surface area contributed by atoms with Crippen molar-refractivity contribution in [2.45, 2.75) is 37.6 Å². The Morgan fingerprint density at radius 3 is 2.47 bits per heavy atom. The molecule has 1 amide bonds. The van der Waals surface area contributed by atoms with Gasteiger partial charge in [0.1, 0.15) is 29.8 Å². The molecule has 3 aromatic rings. The SMILES string of the molecule is C[C@@H]1O[C@H](n2c(C3=c4ccccc4=NC3=O)c(O)c3ccccc32)[C@H](O)[C@H](O)[C@H]1O. The van der Waals surface area contributed by atoms with Crippen LogP contribution < -0.4 is 10.6 Å². The minimum atomic E-state index is -1.49. The van der Waals surface area contributed by atoms with Gasteiger partial charge in [-0.3, -0.25) is 4.79 Å². The predicted molar refractivity (Wildman–Crippen MR) is 106 cm³/mol. The molecule has 0 radical (unpaired) electrons. The summed E-state index contributed by atoms with van der Waals surface area (Å²) in [6.45, 7) is 1.58. The maximum atomic E-state index is 12.8. The number of aliphatic hydroxyl groups is 3. The largest absolute Gasteiger partial charge is 0.505 e. The lowest BCUT2D eigenvalue weighted by atomic mass is 9.98. The van der Waals surface area contributed by atoms with Crippen molar-refractivity contribution < 1.29 is 30.0 Å². The lowest BCUT2D eigenvalue weighted by molar-refractivity contribution is -0.239. The first-order valence-corrected chi connectivity index (χ1v) is 9.64. The lowest BCUT2D eigenvalue weighted by Gasteiger charge is -2.40. The van der Waals surface area contributed by atoms with E-state index in [0.717, 1.165) is 0 Å². The number of para-hydroxylation sites is 2. The molecule has 3 heterocycles. The van der Waals surface area contributed by atoms with E-state index in [4.69, 9.17) is 4.74 Å². The monoisotopic (exact) mass is 408 g/mol. The molecule has 0 unspecified atom stereocenters. The average Bonchev–Trinajstić information content (AvgIpc) is 3.22. The number of aromatic nitrogens is 1. The number of rotatable bonds is 2. The Balaban J connectivity index is 1.85. The number of hydrogen-bond acceptors (Lipinski definition) is 6. The summed E-state index contributed by atoms with van der Waals surface area (Å²) in [7, 11) is 0. The normalized spacial score (nSPS) is 28.6. The van der Waals surface area contributed by atoms with Crippen LogP contribution in [0.5, 0.6) is 5.75 Å². The first-order valence-electron chi connectivity index (χ1n) is 9.64. The molecule has 1 saturated heterocycles. The average molecular weight is 408 g/mol. The topological polar surface area (TPSA) is 125 Å².